The van der Waals surface area contributed by atoms with Gasteiger partial charge in [-0.1, -0.05) is 76.8 Å². The largest absolute Gasteiger partial charge is 0.482 e. The Morgan fingerprint density at radius 2 is 1.69 bits per heavy atom. The van der Waals surface area contributed by atoms with Gasteiger partial charge in [-0.3, -0.25) is 0 Å². The van der Waals surface area contributed by atoms with Crippen molar-refractivity contribution in [2.75, 3.05) is 6.61 Å². The first-order valence-corrected chi connectivity index (χ1v) is 16.3. The Bertz CT molecular complexity index is 857. The normalized spacial score (nSPS) is 27.2. The number of benzene rings is 1. The Labute approximate surface area is 237 Å². The molecule has 5 nitrogen and oxygen atoms in total. The Morgan fingerprint density at radius 1 is 0.974 bits per heavy atom. The topological polar surface area (TPSA) is 76.0 Å². The Kier molecular flexibility index (Phi) is 12.5. The van der Waals surface area contributed by atoms with Crippen molar-refractivity contribution < 1.29 is 24.5 Å². The van der Waals surface area contributed by atoms with Crippen molar-refractivity contribution in [2.45, 2.75) is 147 Å². The maximum atomic E-state index is 12.8. The van der Waals surface area contributed by atoms with Crippen LogP contribution in [0.1, 0.15) is 127 Å². The predicted octanol–water partition coefficient (Wildman–Crippen LogP) is 7.33. The van der Waals surface area contributed by atoms with Crippen LogP contribution in [0, 0.1) is 17.8 Å². The van der Waals surface area contributed by atoms with Crippen LogP contribution in [0.4, 0.5) is 0 Å². The van der Waals surface area contributed by atoms with E-state index in [1.54, 1.807) is 0 Å². The summed E-state index contributed by atoms with van der Waals surface area (Å²) in [5.74, 6) is 1.68. The summed E-state index contributed by atoms with van der Waals surface area (Å²) in [6.07, 6.45) is 20.0. The molecule has 0 saturated heterocycles. The predicted molar refractivity (Wildman–Crippen MR) is 156 cm³/mol. The van der Waals surface area contributed by atoms with Crippen LogP contribution in [-0.2, 0) is 22.4 Å². The molecule has 1 aromatic rings. The number of rotatable bonds is 11. The van der Waals surface area contributed by atoms with Crippen LogP contribution in [0.2, 0.25) is 0 Å². The Morgan fingerprint density at radius 3 is 2.41 bits per heavy atom. The van der Waals surface area contributed by atoms with Gasteiger partial charge in [-0.15, -0.1) is 0 Å². The minimum absolute atomic E-state index is 0.0201. The molecule has 5 heteroatoms. The lowest BCUT2D eigenvalue weighted by atomic mass is 9.73. The Hall–Kier alpha value is -1.59. The van der Waals surface area contributed by atoms with Crippen LogP contribution in [0.3, 0.4) is 0 Å². The van der Waals surface area contributed by atoms with Crippen molar-refractivity contribution in [3.63, 3.8) is 0 Å². The van der Waals surface area contributed by atoms with Gasteiger partial charge in [-0.05, 0) is 99.2 Å². The van der Waals surface area contributed by atoms with Gasteiger partial charge in [0.25, 0.3) is 0 Å². The summed E-state index contributed by atoms with van der Waals surface area (Å²) in [6, 6.07) is 6.19. The first-order valence-electron chi connectivity index (χ1n) is 16.3. The van der Waals surface area contributed by atoms with Crippen molar-refractivity contribution in [1.82, 2.24) is 0 Å². The first-order chi connectivity index (χ1) is 19.0. The molecule has 0 amide bonds. The average Bonchev–Trinajstić information content (AvgIpc) is 3.20. The van der Waals surface area contributed by atoms with Crippen molar-refractivity contribution in [2.24, 2.45) is 17.8 Å². The highest BCUT2D eigenvalue weighted by Gasteiger charge is 2.44. The quantitative estimate of drug-likeness (QED) is 0.226. The first kappa shape index (κ1) is 30.4. The van der Waals surface area contributed by atoms with Crippen LogP contribution in [-0.4, -0.2) is 41.1 Å². The van der Waals surface area contributed by atoms with Crippen molar-refractivity contribution in [3.8, 4) is 5.75 Å². The average molecular weight is 543 g/mol. The van der Waals surface area contributed by atoms with Crippen molar-refractivity contribution in [1.29, 1.82) is 0 Å². The minimum atomic E-state index is -0.293. The zero-order chi connectivity index (χ0) is 27.5. The van der Waals surface area contributed by atoms with Crippen LogP contribution < -0.4 is 4.74 Å². The van der Waals surface area contributed by atoms with E-state index in [0.29, 0.717) is 11.8 Å². The third-order valence-corrected chi connectivity index (χ3v) is 9.77. The summed E-state index contributed by atoms with van der Waals surface area (Å²) < 4.78 is 12.0. The highest BCUT2D eigenvalue weighted by atomic mass is 16.6. The molecule has 0 aliphatic heterocycles. The summed E-state index contributed by atoms with van der Waals surface area (Å²) >= 11 is 0. The number of esters is 1. The van der Waals surface area contributed by atoms with Gasteiger partial charge < -0.3 is 19.7 Å². The number of hydrogen-bond acceptors (Lipinski definition) is 5. The van der Waals surface area contributed by atoms with Crippen molar-refractivity contribution in [3.05, 3.63) is 29.3 Å². The molecule has 3 aliphatic rings. The highest BCUT2D eigenvalue weighted by Crippen LogP contribution is 2.48. The maximum absolute atomic E-state index is 12.8. The Balaban J connectivity index is 1.29. The minimum Gasteiger partial charge on any atom is -0.482 e. The highest BCUT2D eigenvalue weighted by molar-refractivity contribution is 5.71. The number of ether oxygens (including phenoxy) is 2. The summed E-state index contributed by atoms with van der Waals surface area (Å²) in [5.41, 5.74) is 2.49. The molecule has 0 radical (unpaired) electrons. The number of aliphatic hydroxyl groups is 2. The second-order valence-corrected chi connectivity index (χ2v) is 12.7. The third-order valence-electron chi connectivity index (χ3n) is 9.77. The molecule has 39 heavy (non-hydrogen) atoms. The molecular weight excluding hydrogens is 488 g/mol. The molecule has 5 atom stereocenters. The van der Waals surface area contributed by atoms with E-state index < -0.39 is 0 Å². The van der Waals surface area contributed by atoms with Crippen LogP contribution in [0.15, 0.2) is 18.2 Å². The molecule has 0 bridgehead atoms. The molecule has 2 fully saturated rings. The van der Waals surface area contributed by atoms with Crippen molar-refractivity contribution >= 4 is 5.97 Å². The molecule has 0 heterocycles. The monoisotopic (exact) mass is 542 g/mol. The smallest absolute Gasteiger partial charge is 0.344 e. The number of carbonyl (C=O) groups excluding carboxylic acids is 1. The van der Waals surface area contributed by atoms with Gasteiger partial charge in [0.2, 0.25) is 0 Å². The summed E-state index contributed by atoms with van der Waals surface area (Å²) in [5, 5.41) is 21.4. The van der Waals surface area contributed by atoms with E-state index in [-0.39, 0.29) is 36.8 Å². The molecule has 4 rings (SSSR count). The SMILES string of the molecule is CCCCC[C@H](O)CC[C@@H]1[C@H]2Cc3cccc(OCC(=O)OC4CCCCCCCCCC4)c3C[C@H]2C[C@H]1O. The summed E-state index contributed by atoms with van der Waals surface area (Å²) in [7, 11) is 0. The van der Waals surface area contributed by atoms with Gasteiger partial charge in [-0.2, -0.15) is 0 Å². The van der Waals surface area contributed by atoms with E-state index in [4.69, 9.17) is 9.47 Å². The lowest BCUT2D eigenvalue weighted by Gasteiger charge is -2.32. The van der Waals surface area contributed by atoms with Gasteiger partial charge in [0.15, 0.2) is 6.61 Å². The van der Waals surface area contributed by atoms with E-state index in [9.17, 15) is 15.0 Å². The number of hydrogen-bond donors (Lipinski definition) is 2. The molecular formula is C34H54O5. The second kappa shape index (κ2) is 16.0. The van der Waals surface area contributed by atoms with Crippen LogP contribution in [0.25, 0.3) is 0 Å². The number of fused-ring (bicyclic) bond motifs is 2. The third kappa shape index (κ3) is 9.21. The fourth-order valence-corrected chi connectivity index (χ4v) is 7.52. The molecule has 220 valence electrons. The van der Waals surface area contributed by atoms with Gasteiger partial charge >= 0.3 is 5.97 Å². The van der Waals surface area contributed by atoms with Crippen LogP contribution in [0.5, 0.6) is 5.75 Å². The second-order valence-electron chi connectivity index (χ2n) is 12.7. The van der Waals surface area contributed by atoms with E-state index in [0.717, 1.165) is 76.4 Å². The lowest BCUT2D eigenvalue weighted by Crippen LogP contribution is -2.28. The summed E-state index contributed by atoms with van der Waals surface area (Å²) in [6.45, 7) is 2.15. The molecule has 0 spiro atoms. The zero-order valence-electron chi connectivity index (χ0n) is 24.5. The number of unbranched alkanes of at least 4 members (excludes halogenated alkanes) is 2. The van der Waals surface area contributed by atoms with Crippen LogP contribution >= 0.6 is 0 Å². The molecule has 2 saturated carbocycles. The standard InChI is InChI=1S/C34H54O5/c1-2-3-10-15-27(35)19-20-29-30-21-25-14-13-18-33(31(25)22-26(30)23-32(29)36)38-24-34(37)39-28-16-11-8-6-4-5-7-9-12-17-28/h13-14,18,26-30,32,35-36H,2-12,15-17,19-24H2,1H3/t26-,27-,29+,30-,32+/m0/s1. The van der Waals surface area contributed by atoms with Gasteiger partial charge in [0.1, 0.15) is 11.9 Å². The lowest BCUT2D eigenvalue weighted by molar-refractivity contribution is -0.152. The molecule has 2 N–H and O–H groups in total. The van der Waals surface area contributed by atoms with E-state index in [1.807, 2.05) is 12.1 Å². The van der Waals surface area contributed by atoms with Gasteiger partial charge in [0, 0.05) is 0 Å². The fraction of sp³-hybridized carbons (Fsp3) is 0.794. The molecule has 3 aliphatic carbocycles. The summed E-state index contributed by atoms with van der Waals surface area (Å²) in [4.78, 5) is 12.8. The molecule has 0 unspecified atom stereocenters. The van der Waals surface area contributed by atoms with E-state index in [2.05, 4.69) is 13.0 Å². The van der Waals surface area contributed by atoms with Gasteiger partial charge in [-0.25, -0.2) is 4.79 Å². The van der Waals surface area contributed by atoms with E-state index >= 15 is 0 Å². The zero-order valence-corrected chi connectivity index (χ0v) is 24.5. The van der Waals surface area contributed by atoms with E-state index in [1.165, 1.54) is 62.5 Å². The number of carbonyl (C=O) groups is 1. The molecule has 0 aromatic heterocycles. The van der Waals surface area contributed by atoms with Gasteiger partial charge in [0.05, 0.1) is 12.2 Å². The number of aliphatic hydroxyl groups excluding tert-OH is 2. The fourth-order valence-electron chi connectivity index (χ4n) is 7.52. The molecule has 1 aromatic carbocycles. The maximum Gasteiger partial charge on any atom is 0.344 e.